The molecule has 33 heavy (non-hydrogen) atoms. The predicted molar refractivity (Wildman–Crippen MR) is 133 cm³/mol. The first kappa shape index (κ1) is 24.0. The van der Waals surface area contributed by atoms with Crippen molar-refractivity contribution in [2.45, 2.75) is 52.1 Å². The van der Waals surface area contributed by atoms with Gasteiger partial charge in [-0.2, -0.15) is 0 Å². The van der Waals surface area contributed by atoms with Crippen LogP contribution in [0.4, 0.5) is 10.1 Å². The summed E-state index contributed by atoms with van der Waals surface area (Å²) in [6.45, 7) is 8.74. The lowest BCUT2D eigenvalue weighted by Gasteiger charge is -2.33. The van der Waals surface area contributed by atoms with Gasteiger partial charge in [-0.25, -0.2) is 4.39 Å². The fourth-order valence-electron chi connectivity index (χ4n) is 5.06. The number of carbonyl (C=O) groups excluding carboxylic acids is 1. The Morgan fingerprint density at radius 1 is 1.12 bits per heavy atom. The maximum atomic E-state index is 14.1. The second-order valence-electron chi connectivity index (χ2n) is 9.80. The summed E-state index contributed by atoms with van der Waals surface area (Å²) in [4.78, 5) is 17.5. The SMILES string of the molecule is C[C@@H]1CCCN(c2ccc([C@@H](C)NC(=O)C3CCN(Cc4ccc(Cl)cc4F)CC3)cc2)C1. The first-order valence-corrected chi connectivity index (χ1v) is 12.6. The molecule has 4 nitrogen and oxygen atoms in total. The van der Waals surface area contributed by atoms with Crippen molar-refractivity contribution in [2.24, 2.45) is 11.8 Å². The van der Waals surface area contributed by atoms with Crippen molar-refractivity contribution in [3.8, 4) is 0 Å². The quantitative estimate of drug-likeness (QED) is 0.577. The van der Waals surface area contributed by atoms with Crippen molar-refractivity contribution in [1.82, 2.24) is 10.2 Å². The van der Waals surface area contributed by atoms with Gasteiger partial charge >= 0.3 is 0 Å². The van der Waals surface area contributed by atoms with Crippen molar-refractivity contribution in [1.29, 1.82) is 0 Å². The van der Waals surface area contributed by atoms with E-state index in [9.17, 15) is 9.18 Å². The smallest absolute Gasteiger partial charge is 0.223 e. The van der Waals surface area contributed by atoms with Crippen LogP contribution in [0.15, 0.2) is 42.5 Å². The molecule has 1 amide bonds. The van der Waals surface area contributed by atoms with E-state index in [1.807, 2.05) is 6.92 Å². The minimum absolute atomic E-state index is 0.00729. The number of rotatable bonds is 6. The molecule has 0 bridgehead atoms. The number of hydrogen-bond acceptors (Lipinski definition) is 3. The van der Waals surface area contributed by atoms with Gasteiger partial charge in [0.1, 0.15) is 5.82 Å². The number of amides is 1. The van der Waals surface area contributed by atoms with Crippen LogP contribution in [0, 0.1) is 17.7 Å². The molecule has 2 aliphatic heterocycles. The number of anilines is 1. The van der Waals surface area contributed by atoms with Crippen LogP contribution in [0.25, 0.3) is 0 Å². The van der Waals surface area contributed by atoms with Gasteiger partial charge in [0.05, 0.1) is 6.04 Å². The molecule has 0 spiro atoms. The Labute approximate surface area is 202 Å². The van der Waals surface area contributed by atoms with Crippen LogP contribution in [0.3, 0.4) is 0 Å². The lowest BCUT2D eigenvalue weighted by Crippen LogP contribution is -2.41. The minimum Gasteiger partial charge on any atom is -0.371 e. The van der Waals surface area contributed by atoms with E-state index in [1.165, 1.54) is 24.6 Å². The number of nitrogens with zero attached hydrogens (tertiary/aromatic N) is 2. The van der Waals surface area contributed by atoms with E-state index < -0.39 is 0 Å². The van der Waals surface area contributed by atoms with Crippen molar-refractivity contribution >= 4 is 23.2 Å². The van der Waals surface area contributed by atoms with E-state index in [0.29, 0.717) is 17.1 Å². The van der Waals surface area contributed by atoms with Gasteiger partial charge < -0.3 is 10.2 Å². The Bertz CT molecular complexity index is 943. The van der Waals surface area contributed by atoms with E-state index >= 15 is 0 Å². The molecule has 4 rings (SSSR count). The number of likely N-dealkylation sites (tertiary alicyclic amines) is 1. The van der Waals surface area contributed by atoms with E-state index in [4.69, 9.17) is 11.6 Å². The summed E-state index contributed by atoms with van der Waals surface area (Å²) in [5.41, 5.74) is 3.06. The molecular formula is C27H35ClFN3O. The molecule has 6 heteroatoms. The Morgan fingerprint density at radius 2 is 1.85 bits per heavy atom. The second-order valence-corrected chi connectivity index (χ2v) is 10.2. The number of carbonyl (C=O) groups is 1. The van der Waals surface area contributed by atoms with Gasteiger partial charge in [0, 0.05) is 41.8 Å². The molecule has 2 aliphatic rings. The molecule has 0 unspecified atom stereocenters. The molecular weight excluding hydrogens is 437 g/mol. The van der Waals surface area contributed by atoms with Gasteiger partial charge in [0.2, 0.25) is 5.91 Å². The van der Waals surface area contributed by atoms with Crippen molar-refractivity contribution in [3.05, 3.63) is 64.4 Å². The first-order valence-electron chi connectivity index (χ1n) is 12.2. The van der Waals surface area contributed by atoms with Crippen molar-refractivity contribution in [2.75, 3.05) is 31.1 Å². The van der Waals surface area contributed by atoms with Gasteiger partial charge in [-0.3, -0.25) is 9.69 Å². The van der Waals surface area contributed by atoms with Crippen LogP contribution in [0.1, 0.15) is 56.7 Å². The van der Waals surface area contributed by atoms with Crippen LogP contribution in [-0.2, 0) is 11.3 Å². The summed E-state index contributed by atoms with van der Waals surface area (Å²) < 4.78 is 14.1. The van der Waals surface area contributed by atoms with Crippen LogP contribution in [0.2, 0.25) is 5.02 Å². The highest BCUT2D eigenvalue weighted by atomic mass is 35.5. The molecule has 2 atom stereocenters. The summed E-state index contributed by atoms with van der Waals surface area (Å²) in [6, 6.07) is 13.5. The average Bonchev–Trinajstić information content (AvgIpc) is 2.81. The molecule has 1 N–H and O–H groups in total. The molecule has 2 aromatic carbocycles. The molecule has 2 saturated heterocycles. The minimum atomic E-state index is -0.267. The highest BCUT2D eigenvalue weighted by molar-refractivity contribution is 6.30. The Morgan fingerprint density at radius 3 is 2.52 bits per heavy atom. The molecule has 0 aromatic heterocycles. The third-order valence-electron chi connectivity index (χ3n) is 7.14. The van der Waals surface area contributed by atoms with Crippen LogP contribution in [0.5, 0.6) is 0 Å². The lowest BCUT2D eigenvalue weighted by molar-refractivity contribution is -0.127. The zero-order valence-corrected chi connectivity index (χ0v) is 20.5. The van der Waals surface area contributed by atoms with E-state index in [2.05, 4.69) is 46.3 Å². The van der Waals surface area contributed by atoms with Crippen molar-refractivity contribution in [3.63, 3.8) is 0 Å². The molecule has 0 aliphatic carbocycles. The molecule has 2 fully saturated rings. The lowest BCUT2D eigenvalue weighted by atomic mass is 9.94. The highest BCUT2D eigenvalue weighted by Gasteiger charge is 2.26. The Balaban J connectivity index is 1.25. The maximum Gasteiger partial charge on any atom is 0.223 e. The van der Waals surface area contributed by atoms with Gasteiger partial charge in [-0.05, 0) is 81.4 Å². The maximum absolute atomic E-state index is 14.1. The van der Waals surface area contributed by atoms with Crippen LogP contribution >= 0.6 is 11.6 Å². The van der Waals surface area contributed by atoms with Gasteiger partial charge in [0.25, 0.3) is 0 Å². The standard InChI is InChI=1S/C27H35ClFN3O/c1-19-4-3-13-32(17-19)25-9-6-21(7-10-25)20(2)30-27(33)22-11-14-31(15-12-22)18-23-5-8-24(28)16-26(23)29/h5-10,16,19-20,22H,3-4,11-15,17-18H2,1-2H3,(H,30,33)/t19-,20-/m1/s1. The summed E-state index contributed by atoms with van der Waals surface area (Å²) in [5.74, 6) is 0.604. The fourth-order valence-corrected chi connectivity index (χ4v) is 5.22. The molecule has 178 valence electrons. The molecule has 0 saturated carbocycles. The van der Waals surface area contributed by atoms with E-state index in [-0.39, 0.29) is 23.7 Å². The summed E-state index contributed by atoms with van der Waals surface area (Å²) in [5, 5.41) is 3.62. The normalized spacial score (nSPS) is 21.1. The van der Waals surface area contributed by atoms with Crippen LogP contribution in [-0.4, -0.2) is 37.0 Å². The zero-order chi connectivity index (χ0) is 23.4. The molecule has 0 radical (unpaired) electrons. The zero-order valence-electron chi connectivity index (χ0n) is 19.7. The Kier molecular flexibility index (Phi) is 7.92. The highest BCUT2D eigenvalue weighted by Crippen LogP contribution is 2.26. The average molecular weight is 472 g/mol. The summed E-state index contributed by atoms with van der Waals surface area (Å²) in [7, 11) is 0. The second kappa shape index (κ2) is 10.9. The van der Waals surface area contributed by atoms with Crippen LogP contribution < -0.4 is 10.2 Å². The molecule has 2 aromatic rings. The topological polar surface area (TPSA) is 35.6 Å². The van der Waals surface area contributed by atoms with E-state index in [1.54, 1.807) is 12.1 Å². The van der Waals surface area contributed by atoms with Gasteiger partial charge in [-0.15, -0.1) is 0 Å². The van der Waals surface area contributed by atoms with E-state index in [0.717, 1.165) is 50.5 Å². The monoisotopic (exact) mass is 471 g/mol. The van der Waals surface area contributed by atoms with Gasteiger partial charge in [-0.1, -0.05) is 36.7 Å². The predicted octanol–water partition coefficient (Wildman–Crippen LogP) is 5.80. The fraction of sp³-hybridized carbons (Fsp3) is 0.519. The largest absolute Gasteiger partial charge is 0.371 e. The number of halogens is 2. The third-order valence-corrected chi connectivity index (χ3v) is 7.38. The third kappa shape index (κ3) is 6.27. The number of benzene rings is 2. The number of nitrogens with one attached hydrogen (secondary N) is 1. The van der Waals surface area contributed by atoms with Gasteiger partial charge in [0.15, 0.2) is 0 Å². The number of piperidine rings is 2. The van der Waals surface area contributed by atoms with Crippen molar-refractivity contribution < 1.29 is 9.18 Å². The number of hydrogen-bond donors (Lipinski definition) is 1. The summed E-state index contributed by atoms with van der Waals surface area (Å²) >= 11 is 5.85. The first-order chi connectivity index (χ1) is 15.9. The Hall–Kier alpha value is -2.11. The summed E-state index contributed by atoms with van der Waals surface area (Å²) in [6.07, 6.45) is 4.15. The molecule has 2 heterocycles.